The first kappa shape index (κ1) is 16.4. The Labute approximate surface area is 134 Å². The second kappa shape index (κ2) is 5.90. The lowest BCUT2D eigenvalue weighted by molar-refractivity contribution is -0.137. The summed E-state index contributed by atoms with van der Waals surface area (Å²) in [5, 5.41) is 12.5. The number of amides is 1. The minimum absolute atomic E-state index is 0.312. The van der Waals surface area contributed by atoms with E-state index in [1.807, 2.05) is 0 Å². The Hall–Kier alpha value is -2.41. The molecule has 3 nitrogen and oxygen atoms in total. The highest BCUT2D eigenvalue weighted by Gasteiger charge is 2.34. The van der Waals surface area contributed by atoms with Crippen molar-refractivity contribution >= 4 is 5.91 Å². The Morgan fingerprint density at radius 2 is 1.88 bits per heavy atom. The van der Waals surface area contributed by atoms with Gasteiger partial charge < -0.3 is 10.4 Å². The van der Waals surface area contributed by atoms with Crippen LogP contribution in [0, 0.1) is 5.82 Å². The van der Waals surface area contributed by atoms with Crippen molar-refractivity contribution in [1.82, 2.24) is 5.32 Å². The predicted molar refractivity (Wildman–Crippen MR) is 77.8 cm³/mol. The number of alkyl halides is 3. The van der Waals surface area contributed by atoms with E-state index < -0.39 is 41.2 Å². The van der Waals surface area contributed by atoms with Crippen LogP contribution in [0.4, 0.5) is 17.6 Å². The quantitative estimate of drug-likeness (QED) is 0.826. The maximum Gasteiger partial charge on any atom is 0.416 e. The molecule has 3 rings (SSSR count). The minimum atomic E-state index is -4.68. The first-order valence-corrected chi connectivity index (χ1v) is 7.21. The topological polar surface area (TPSA) is 49.3 Å². The van der Waals surface area contributed by atoms with Gasteiger partial charge in [-0.05, 0) is 29.3 Å². The van der Waals surface area contributed by atoms with E-state index in [0.717, 1.165) is 5.56 Å². The van der Waals surface area contributed by atoms with Crippen LogP contribution < -0.4 is 5.32 Å². The summed E-state index contributed by atoms with van der Waals surface area (Å²) >= 11 is 0. The fourth-order valence-corrected chi connectivity index (χ4v) is 2.84. The van der Waals surface area contributed by atoms with Crippen molar-refractivity contribution in [3.8, 4) is 0 Å². The fourth-order valence-electron chi connectivity index (χ4n) is 2.84. The van der Waals surface area contributed by atoms with Crippen molar-refractivity contribution < 1.29 is 27.5 Å². The van der Waals surface area contributed by atoms with Crippen LogP contribution in [-0.4, -0.2) is 17.1 Å². The van der Waals surface area contributed by atoms with E-state index in [0.29, 0.717) is 30.2 Å². The van der Waals surface area contributed by atoms with Crippen LogP contribution in [0.25, 0.3) is 0 Å². The zero-order valence-electron chi connectivity index (χ0n) is 12.3. The van der Waals surface area contributed by atoms with Crippen molar-refractivity contribution in [2.24, 2.45) is 0 Å². The second-order valence-electron chi connectivity index (χ2n) is 5.61. The molecule has 1 amide bonds. The number of hydrogen-bond donors (Lipinski definition) is 2. The van der Waals surface area contributed by atoms with Crippen molar-refractivity contribution in [2.75, 3.05) is 0 Å². The number of halogens is 4. The highest BCUT2D eigenvalue weighted by molar-refractivity contribution is 5.95. The van der Waals surface area contributed by atoms with Crippen molar-refractivity contribution in [2.45, 2.75) is 24.7 Å². The molecule has 0 heterocycles. The zero-order valence-corrected chi connectivity index (χ0v) is 12.3. The number of rotatable bonds is 2. The van der Waals surface area contributed by atoms with Crippen LogP contribution in [0.15, 0.2) is 42.5 Å². The van der Waals surface area contributed by atoms with Gasteiger partial charge in [0.2, 0.25) is 0 Å². The van der Waals surface area contributed by atoms with E-state index in [4.69, 9.17) is 0 Å². The molecule has 2 unspecified atom stereocenters. The van der Waals surface area contributed by atoms with Gasteiger partial charge in [0, 0.05) is 6.42 Å². The van der Waals surface area contributed by atoms with Gasteiger partial charge in [0.05, 0.1) is 23.3 Å². The summed E-state index contributed by atoms with van der Waals surface area (Å²) in [6.45, 7) is 0. The molecule has 24 heavy (non-hydrogen) atoms. The number of aliphatic hydroxyl groups is 1. The Morgan fingerprint density at radius 1 is 1.17 bits per heavy atom. The van der Waals surface area contributed by atoms with Gasteiger partial charge in [0.25, 0.3) is 5.91 Å². The number of nitrogens with one attached hydrogen (secondary N) is 1. The summed E-state index contributed by atoms with van der Waals surface area (Å²) in [6, 6.07) is 7.86. The lowest BCUT2D eigenvalue weighted by Gasteiger charge is -2.18. The number of carbonyl (C=O) groups is 1. The molecule has 0 bridgehead atoms. The van der Waals surface area contributed by atoms with Crippen molar-refractivity contribution in [3.05, 3.63) is 70.5 Å². The minimum Gasteiger partial charge on any atom is -0.390 e. The molecule has 0 aliphatic heterocycles. The standard InChI is InChI=1S/C17H13F4NO2/c18-13-6-5-10(17(19,20)21)8-12(13)16(24)22-15-11-4-2-1-3-9(11)7-14(15)23/h1-6,8,14-15,23H,7H2,(H,22,24). The van der Waals surface area contributed by atoms with E-state index in [-0.39, 0.29) is 0 Å². The molecule has 2 atom stereocenters. The maximum atomic E-state index is 13.8. The lowest BCUT2D eigenvalue weighted by atomic mass is 10.1. The van der Waals surface area contributed by atoms with E-state index in [2.05, 4.69) is 5.32 Å². The third-order valence-electron chi connectivity index (χ3n) is 4.03. The summed E-state index contributed by atoms with van der Waals surface area (Å²) in [6.07, 6.45) is -5.28. The van der Waals surface area contributed by atoms with Gasteiger partial charge in [-0.15, -0.1) is 0 Å². The smallest absolute Gasteiger partial charge is 0.390 e. The Morgan fingerprint density at radius 3 is 2.58 bits per heavy atom. The summed E-state index contributed by atoms with van der Waals surface area (Å²) in [5.74, 6) is -2.05. The molecule has 0 spiro atoms. The molecule has 7 heteroatoms. The third-order valence-corrected chi connectivity index (χ3v) is 4.03. The maximum absolute atomic E-state index is 13.8. The van der Waals surface area contributed by atoms with Crippen LogP contribution >= 0.6 is 0 Å². The number of aliphatic hydroxyl groups excluding tert-OH is 1. The molecular formula is C17H13F4NO2. The number of carbonyl (C=O) groups excluding carboxylic acids is 1. The Kier molecular flexibility index (Phi) is 4.04. The first-order chi connectivity index (χ1) is 11.3. The van der Waals surface area contributed by atoms with Crippen molar-refractivity contribution in [3.63, 3.8) is 0 Å². The van der Waals surface area contributed by atoms with E-state index in [1.165, 1.54) is 0 Å². The van der Waals surface area contributed by atoms with Gasteiger partial charge in [0.15, 0.2) is 0 Å². The normalized spacial score (nSPS) is 19.9. The van der Waals surface area contributed by atoms with Gasteiger partial charge in [0.1, 0.15) is 5.82 Å². The van der Waals surface area contributed by atoms with Crippen LogP contribution in [0.1, 0.15) is 33.1 Å². The number of hydrogen-bond acceptors (Lipinski definition) is 2. The molecule has 2 N–H and O–H groups in total. The molecule has 2 aromatic rings. The van der Waals surface area contributed by atoms with E-state index >= 15 is 0 Å². The Bertz CT molecular complexity index is 788. The molecule has 1 aliphatic carbocycles. The predicted octanol–water partition coefficient (Wildman–Crippen LogP) is 3.23. The molecule has 0 radical (unpaired) electrons. The van der Waals surface area contributed by atoms with Crippen molar-refractivity contribution in [1.29, 1.82) is 0 Å². The van der Waals surface area contributed by atoms with Crippen LogP contribution in [-0.2, 0) is 12.6 Å². The Balaban J connectivity index is 1.88. The van der Waals surface area contributed by atoms with Gasteiger partial charge in [-0.1, -0.05) is 24.3 Å². The third kappa shape index (κ3) is 2.99. The summed E-state index contributed by atoms with van der Waals surface area (Å²) in [7, 11) is 0. The molecular weight excluding hydrogens is 326 g/mol. The van der Waals surface area contributed by atoms with Gasteiger partial charge >= 0.3 is 6.18 Å². The monoisotopic (exact) mass is 339 g/mol. The van der Waals surface area contributed by atoms with E-state index in [9.17, 15) is 27.5 Å². The molecule has 126 valence electrons. The number of fused-ring (bicyclic) bond motifs is 1. The van der Waals surface area contributed by atoms with Crippen LogP contribution in [0.5, 0.6) is 0 Å². The highest BCUT2D eigenvalue weighted by atomic mass is 19.4. The largest absolute Gasteiger partial charge is 0.416 e. The zero-order chi connectivity index (χ0) is 17.5. The average Bonchev–Trinajstić information content (AvgIpc) is 2.82. The molecule has 2 aromatic carbocycles. The SMILES string of the molecule is O=C(NC1c2ccccc2CC1O)c1cc(C(F)(F)F)ccc1F. The van der Waals surface area contributed by atoms with Crippen LogP contribution in [0.2, 0.25) is 0 Å². The van der Waals surface area contributed by atoms with Gasteiger partial charge in [-0.3, -0.25) is 4.79 Å². The van der Waals surface area contributed by atoms with E-state index in [1.54, 1.807) is 24.3 Å². The molecule has 0 saturated heterocycles. The second-order valence-corrected chi connectivity index (χ2v) is 5.61. The summed E-state index contributed by atoms with van der Waals surface area (Å²) < 4.78 is 52.0. The lowest BCUT2D eigenvalue weighted by Crippen LogP contribution is -2.34. The molecule has 0 aromatic heterocycles. The van der Waals surface area contributed by atoms with Gasteiger partial charge in [-0.2, -0.15) is 13.2 Å². The molecule has 0 saturated carbocycles. The molecule has 1 aliphatic rings. The average molecular weight is 339 g/mol. The van der Waals surface area contributed by atoms with Gasteiger partial charge in [-0.25, -0.2) is 4.39 Å². The molecule has 0 fully saturated rings. The fraction of sp³-hybridized carbons (Fsp3) is 0.235. The number of benzene rings is 2. The highest BCUT2D eigenvalue weighted by Crippen LogP contribution is 2.33. The summed E-state index contributed by atoms with van der Waals surface area (Å²) in [5.41, 5.74) is -0.312. The first-order valence-electron chi connectivity index (χ1n) is 7.21. The van der Waals surface area contributed by atoms with Crippen LogP contribution in [0.3, 0.4) is 0 Å². The summed E-state index contributed by atoms with van der Waals surface area (Å²) in [4.78, 5) is 12.2.